The summed E-state index contributed by atoms with van der Waals surface area (Å²) < 4.78 is 7.04. The van der Waals surface area contributed by atoms with Crippen molar-refractivity contribution >= 4 is 21.7 Å². The van der Waals surface area contributed by atoms with Crippen molar-refractivity contribution in [3.05, 3.63) is 62.6 Å². The Morgan fingerprint density at radius 2 is 1.76 bits per heavy atom. The molecule has 0 N–H and O–H groups in total. The molecule has 1 aliphatic heterocycles. The van der Waals surface area contributed by atoms with Crippen LogP contribution in [0.5, 0.6) is 5.75 Å². The molecular formula is C18H17BrO2. The molecule has 0 spiro atoms. The molecule has 21 heavy (non-hydrogen) atoms. The van der Waals surface area contributed by atoms with Crippen molar-refractivity contribution in [1.82, 2.24) is 0 Å². The number of halogens is 1. The SMILES string of the molecule is Cc1cc(C)c(C2CC(=O)c3ccc(Br)cc3O2)c(C)c1. The van der Waals surface area contributed by atoms with Gasteiger partial charge in [-0.3, -0.25) is 4.79 Å². The molecule has 0 aliphatic carbocycles. The standard InChI is InChI=1S/C18H17BrO2/c1-10-6-11(2)18(12(3)7-10)17-9-15(20)14-5-4-13(19)8-16(14)21-17/h4-8,17H,9H2,1-3H3. The minimum Gasteiger partial charge on any atom is -0.484 e. The van der Waals surface area contributed by atoms with Crippen molar-refractivity contribution in [2.45, 2.75) is 33.3 Å². The van der Waals surface area contributed by atoms with Gasteiger partial charge in [-0.25, -0.2) is 0 Å². The average molecular weight is 345 g/mol. The van der Waals surface area contributed by atoms with Gasteiger partial charge < -0.3 is 4.74 Å². The van der Waals surface area contributed by atoms with Crippen LogP contribution < -0.4 is 4.74 Å². The van der Waals surface area contributed by atoms with Gasteiger partial charge in [-0.05, 0) is 55.7 Å². The van der Waals surface area contributed by atoms with E-state index in [2.05, 4.69) is 48.8 Å². The van der Waals surface area contributed by atoms with Crippen molar-refractivity contribution in [2.24, 2.45) is 0 Å². The van der Waals surface area contributed by atoms with Gasteiger partial charge in [0.2, 0.25) is 0 Å². The zero-order chi connectivity index (χ0) is 15.1. The number of ether oxygens (including phenoxy) is 1. The Morgan fingerprint density at radius 3 is 2.43 bits per heavy atom. The van der Waals surface area contributed by atoms with Crippen molar-refractivity contribution < 1.29 is 9.53 Å². The Labute approximate surface area is 133 Å². The first-order valence-electron chi connectivity index (χ1n) is 7.03. The highest BCUT2D eigenvalue weighted by atomic mass is 79.9. The monoisotopic (exact) mass is 344 g/mol. The maximum absolute atomic E-state index is 12.4. The second kappa shape index (κ2) is 5.30. The summed E-state index contributed by atoms with van der Waals surface area (Å²) in [5, 5.41) is 0. The van der Waals surface area contributed by atoms with Crippen molar-refractivity contribution in [3.63, 3.8) is 0 Å². The molecule has 2 aromatic rings. The maximum Gasteiger partial charge on any atom is 0.170 e. The minimum atomic E-state index is -0.195. The number of aryl methyl sites for hydroxylation is 3. The molecule has 0 fully saturated rings. The highest BCUT2D eigenvalue weighted by Crippen LogP contribution is 2.38. The lowest BCUT2D eigenvalue weighted by atomic mass is 9.90. The predicted octanol–water partition coefficient (Wildman–Crippen LogP) is 5.08. The summed E-state index contributed by atoms with van der Waals surface area (Å²) in [5.74, 6) is 0.818. The van der Waals surface area contributed by atoms with Crippen molar-refractivity contribution in [1.29, 1.82) is 0 Å². The summed E-state index contributed by atoms with van der Waals surface area (Å²) in [5.41, 5.74) is 5.42. The van der Waals surface area contributed by atoms with Gasteiger partial charge >= 0.3 is 0 Å². The van der Waals surface area contributed by atoms with E-state index < -0.39 is 0 Å². The smallest absolute Gasteiger partial charge is 0.170 e. The molecule has 2 nitrogen and oxygen atoms in total. The Hall–Kier alpha value is -1.61. The van der Waals surface area contributed by atoms with Gasteiger partial charge in [-0.15, -0.1) is 0 Å². The normalized spacial score (nSPS) is 17.3. The number of ketones is 1. The van der Waals surface area contributed by atoms with E-state index in [1.807, 2.05) is 18.2 Å². The molecule has 0 saturated carbocycles. The molecule has 1 unspecified atom stereocenters. The first-order chi connectivity index (χ1) is 9.95. The number of carbonyl (C=O) groups excluding carboxylic acids is 1. The first-order valence-corrected chi connectivity index (χ1v) is 7.82. The van der Waals surface area contributed by atoms with E-state index >= 15 is 0 Å². The molecule has 1 heterocycles. The van der Waals surface area contributed by atoms with Crippen LogP contribution >= 0.6 is 15.9 Å². The fourth-order valence-corrected chi connectivity index (χ4v) is 3.50. The van der Waals surface area contributed by atoms with E-state index in [9.17, 15) is 4.79 Å². The molecule has 1 atom stereocenters. The Kier molecular flexibility index (Phi) is 3.62. The number of fused-ring (bicyclic) bond motifs is 1. The van der Waals surface area contributed by atoms with Crippen LogP contribution in [0.3, 0.4) is 0 Å². The van der Waals surface area contributed by atoms with Crippen LogP contribution in [0.1, 0.15) is 45.1 Å². The van der Waals surface area contributed by atoms with E-state index in [0.29, 0.717) is 17.7 Å². The van der Waals surface area contributed by atoms with Gasteiger partial charge in [0.05, 0.1) is 12.0 Å². The zero-order valence-corrected chi connectivity index (χ0v) is 14.0. The number of benzene rings is 2. The van der Waals surface area contributed by atoms with Crippen molar-refractivity contribution in [2.75, 3.05) is 0 Å². The lowest BCUT2D eigenvalue weighted by Gasteiger charge is -2.28. The molecule has 0 saturated heterocycles. The van der Waals surface area contributed by atoms with Crippen LogP contribution in [-0.2, 0) is 0 Å². The van der Waals surface area contributed by atoms with Crippen molar-refractivity contribution in [3.8, 4) is 5.75 Å². The second-order valence-corrected chi connectivity index (χ2v) is 6.60. The summed E-state index contributed by atoms with van der Waals surface area (Å²) in [7, 11) is 0. The Bertz CT molecular complexity index is 711. The minimum absolute atomic E-state index is 0.146. The molecule has 108 valence electrons. The molecule has 0 amide bonds. The number of hydrogen-bond acceptors (Lipinski definition) is 2. The van der Waals surface area contributed by atoms with Crippen LogP contribution in [-0.4, -0.2) is 5.78 Å². The highest BCUT2D eigenvalue weighted by Gasteiger charge is 2.29. The zero-order valence-electron chi connectivity index (χ0n) is 12.4. The van der Waals surface area contributed by atoms with Crippen LogP contribution in [0.2, 0.25) is 0 Å². The van der Waals surface area contributed by atoms with E-state index in [0.717, 1.165) is 10.0 Å². The van der Waals surface area contributed by atoms with Gasteiger partial charge in [0.15, 0.2) is 5.78 Å². The van der Waals surface area contributed by atoms with Gasteiger partial charge in [0.1, 0.15) is 11.9 Å². The number of carbonyl (C=O) groups is 1. The summed E-state index contributed by atoms with van der Waals surface area (Å²) in [4.78, 5) is 12.4. The third-order valence-electron chi connectivity index (χ3n) is 3.94. The number of rotatable bonds is 1. The largest absolute Gasteiger partial charge is 0.484 e. The Balaban J connectivity index is 2.05. The lowest BCUT2D eigenvalue weighted by molar-refractivity contribution is 0.0848. The maximum atomic E-state index is 12.4. The third kappa shape index (κ3) is 2.62. The van der Waals surface area contributed by atoms with Crippen LogP contribution in [0.25, 0.3) is 0 Å². The van der Waals surface area contributed by atoms with E-state index in [4.69, 9.17) is 4.74 Å². The lowest BCUT2D eigenvalue weighted by Crippen LogP contribution is -2.22. The molecule has 1 aliphatic rings. The fourth-order valence-electron chi connectivity index (χ4n) is 3.16. The van der Waals surface area contributed by atoms with Gasteiger partial charge in [-0.2, -0.15) is 0 Å². The van der Waals surface area contributed by atoms with E-state index in [1.165, 1.54) is 16.7 Å². The molecule has 3 rings (SSSR count). The van der Waals surface area contributed by atoms with E-state index in [-0.39, 0.29) is 11.9 Å². The summed E-state index contributed by atoms with van der Waals surface area (Å²) >= 11 is 3.43. The van der Waals surface area contributed by atoms with Gasteiger partial charge in [0.25, 0.3) is 0 Å². The van der Waals surface area contributed by atoms with Gasteiger partial charge in [0, 0.05) is 4.47 Å². The summed E-state index contributed by atoms with van der Waals surface area (Å²) in [6, 6.07) is 9.87. The number of Topliss-reactive ketones (excluding diaryl/α,β-unsaturated/α-hetero) is 1. The quantitative estimate of drug-likeness (QED) is 0.720. The average Bonchev–Trinajstić information content (AvgIpc) is 2.36. The first kappa shape index (κ1) is 14.3. The fraction of sp³-hybridized carbons (Fsp3) is 0.278. The van der Waals surface area contributed by atoms with Crippen LogP contribution in [0.4, 0.5) is 0 Å². The molecular weight excluding hydrogens is 328 g/mol. The topological polar surface area (TPSA) is 26.3 Å². The molecule has 3 heteroatoms. The molecule has 0 bridgehead atoms. The molecule has 0 radical (unpaired) electrons. The Morgan fingerprint density at radius 1 is 1.10 bits per heavy atom. The van der Waals surface area contributed by atoms with Gasteiger partial charge in [-0.1, -0.05) is 33.6 Å². The van der Waals surface area contributed by atoms with Crippen LogP contribution in [0.15, 0.2) is 34.8 Å². The molecule has 0 aromatic heterocycles. The summed E-state index contributed by atoms with van der Waals surface area (Å²) in [6.45, 7) is 6.25. The molecule has 2 aromatic carbocycles. The van der Waals surface area contributed by atoms with Crippen LogP contribution in [0, 0.1) is 20.8 Å². The van der Waals surface area contributed by atoms with E-state index in [1.54, 1.807) is 0 Å². The predicted molar refractivity (Wildman–Crippen MR) is 87.1 cm³/mol. The number of hydrogen-bond donors (Lipinski definition) is 0. The summed E-state index contributed by atoms with van der Waals surface area (Å²) in [6.07, 6.45) is 0.208. The highest BCUT2D eigenvalue weighted by molar-refractivity contribution is 9.10. The second-order valence-electron chi connectivity index (χ2n) is 5.69. The third-order valence-corrected chi connectivity index (χ3v) is 4.44.